The maximum Gasteiger partial charge on any atom is 0.227 e. The summed E-state index contributed by atoms with van der Waals surface area (Å²) >= 11 is 0. The van der Waals surface area contributed by atoms with E-state index in [4.69, 9.17) is 4.74 Å². The third-order valence-corrected chi connectivity index (χ3v) is 4.90. The van der Waals surface area contributed by atoms with Crippen LogP contribution in [0.3, 0.4) is 0 Å². The maximum atomic E-state index is 13.0. The van der Waals surface area contributed by atoms with Gasteiger partial charge in [-0.05, 0) is 49.1 Å². The molecule has 1 aliphatic heterocycles. The monoisotopic (exact) mass is 338 g/mol. The molecule has 0 unspecified atom stereocenters. The van der Waals surface area contributed by atoms with Gasteiger partial charge in [-0.1, -0.05) is 31.0 Å². The summed E-state index contributed by atoms with van der Waals surface area (Å²) in [7, 11) is 1.67. The predicted molar refractivity (Wildman–Crippen MR) is 98.6 cm³/mol. The molecule has 1 fully saturated rings. The Hall–Kier alpha value is -2.36. The number of benzene rings is 1. The lowest BCUT2D eigenvalue weighted by Crippen LogP contribution is -2.35. The summed E-state index contributed by atoms with van der Waals surface area (Å²) < 4.78 is 5.26. The molecule has 0 radical (unpaired) electrons. The fourth-order valence-electron chi connectivity index (χ4n) is 3.46. The molecular weight excluding hydrogens is 312 g/mol. The molecule has 2 heterocycles. The Kier molecular flexibility index (Phi) is 5.69. The minimum absolute atomic E-state index is 0.152. The van der Waals surface area contributed by atoms with E-state index in [0.717, 1.165) is 42.8 Å². The van der Waals surface area contributed by atoms with E-state index in [9.17, 15) is 4.79 Å². The van der Waals surface area contributed by atoms with E-state index >= 15 is 0 Å². The Morgan fingerprint density at radius 2 is 1.96 bits per heavy atom. The van der Waals surface area contributed by atoms with E-state index in [2.05, 4.69) is 22.0 Å². The van der Waals surface area contributed by atoms with Crippen LogP contribution >= 0.6 is 0 Å². The van der Waals surface area contributed by atoms with Gasteiger partial charge >= 0.3 is 0 Å². The second-order valence-electron chi connectivity index (χ2n) is 6.71. The molecule has 4 nitrogen and oxygen atoms in total. The highest BCUT2D eigenvalue weighted by Gasteiger charge is 2.26. The zero-order valence-electron chi connectivity index (χ0n) is 15.1. The van der Waals surface area contributed by atoms with Gasteiger partial charge in [0, 0.05) is 18.4 Å². The maximum absolute atomic E-state index is 13.0. The number of carbonyl (C=O) groups is 1. The van der Waals surface area contributed by atoms with Gasteiger partial charge in [-0.25, -0.2) is 0 Å². The second-order valence-corrected chi connectivity index (χ2v) is 6.71. The summed E-state index contributed by atoms with van der Waals surface area (Å²) in [5, 5.41) is 0. The first-order chi connectivity index (χ1) is 12.2. The van der Waals surface area contributed by atoms with Crippen molar-refractivity contribution in [3.8, 4) is 5.75 Å². The van der Waals surface area contributed by atoms with Crippen molar-refractivity contribution in [3.05, 3.63) is 59.4 Å². The van der Waals surface area contributed by atoms with E-state index in [0.29, 0.717) is 6.42 Å². The van der Waals surface area contributed by atoms with Crippen LogP contribution in [0.1, 0.15) is 48.5 Å². The highest BCUT2D eigenvalue weighted by atomic mass is 16.5. The standard InChI is InChI=1S/C21H26N2O2/c1-16-7-8-17(15-22-16)14-21(24)23-13-5-3-4-6-20(23)18-9-11-19(25-2)12-10-18/h7-12,15,20H,3-6,13-14H2,1-2H3/t20-/m1/s1. The molecule has 25 heavy (non-hydrogen) atoms. The first-order valence-electron chi connectivity index (χ1n) is 9.02. The van der Waals surface area contributed by atoms with E-state index < -0.39 is 0 Å². The van der Waals surface area contributed by atoms with Crippen LogP contribution in [0.2, 0.25) is 0 Å². The van der Waals surface area contributed by atoms with E-state index in [1.807, 2.05) is 37.4 Å². The predicted octanol–water partition coefficient (Wildman–Crippen LogP) is 4.09. The number of pyridine rings is 1. The normalized spacial score (nSPS) is 17.8. The zero-order chi connectivity index (χ0) is 17.6. The lowest BCUT2D eigenvalue weighted by atomic mass is 10.00. The SMILES string of the molecule is COc1ccc([C@H]2CCCCCN2C(=O)Cc2ccc(C)nc2)cc1. The molecule has 0 aliphatic carbocycles. The molecule has 1 aromatic heterocycles. The first-order valence-corrected chi connectivity index (χ1v) is 9.02. The largest absolute Gasteiger partial charge is 0.497 e. The van der Waals surface area contributed by atoms with E-state index in [1.165, 1.54) is 12.0 Å². The van der Waals surface area contributed by atoms with Gasteiger partial charge in [-0.15, -0.1) is 0 Å². The number of carbonyl (C=O) groups excluding carboxylic acids is 1. The summed E-state index contributed by atoms with van der Waals surface area (Å²) in [4.78, 5) is 19.4. The van der Waals surface area contributed by atoms with E-state index in [1.54, 1.807) is 7.11 Å². The first kappa shape index (κ1) is 17.5. The van der Waals surface area contributed by atoms with Crippen LogP contribution in [0.25, 0.3) is 0 Å². The lowest BCUT2D eigenvalue weighted by Gasteiger charge is -2.31. The number of aryl methyl sites for hydroxylation is 1. The average molecular weight is 338 g/mol. The summed E-state index contributed by atoms with van der Waals surface area (Å²) in [5.41, 5.74) is 3.15. The Labute approximate surface area is 149 Å². The average Bonchev–Trinajstić information content (AvgIpc) is 2.90. The van der Waals surface area contributed by atoms with Crippen molar-refractivity contribution in [1.82, 2.24) is 9.88 Å². The quantitative estimate of drug-likeness (QED) is 0.843. The minimum atomic E-state index is 0.152. The number of nitrogens with zero attached hydrogens (tertiary/aromatic N) is 2. The van der Waals surface area contributed by atoms with Crippen molar-refractivity contribution in [1.29, 1.82) is 0 Å². The zero-order valence-corrected chi connectivity index (χ0v) is 15.1. The molecule has 1 saturated heterocycles. The number of likely N-dealkylation sites (tertiary alicyclic amines) is 1. The molecule has 1 amide bonds. The van der Waals surface area contributed by atoms with Crippen LogP contribution in [0, 0.1) is 6.92 Å². The van der Waals surface area contributed by atoms with Gasteiger partial charge < -0.3 is 9.64 Å². The van der Waals surface area contributed by atoms with Crippen molar-refractivity contribution in [2.75, 3.05) is 13.7 Å². The molecule has 0 N–H and O–H groups in total. The number of aromatic nitrogens is 1. The van der Waals surface area contributed by atoms with Gasteiger partial charge in [0.15, 0.2) is 0 Å². The summed E-state index contributed by atoms with van der Waals surface area (Å²) in [6, 6.07) is 12.2. The van der Waals surface area contributed by atoms with Crippen LogP contribution < -0.4 is 4.74 Å². The number of amides is 1. The number of rotatable bonds is 4. The molecule has 0 saturated carbocycles. The number of hydrogen-bond acceptors (Lipinski definition) is 3. The molecule has 3 rings (SSSR count). The Morgan fingerprint density at radius 3 is 2.64 bits per heavy atom. The molecule has 4 heteroatoms. The molecule has 1 aliphatic rings. The Balaban J connectivity index is 1.79. The van der Waals surface area contributed by atoms with Crippen LogP contribution in [0.4, 0.5) is 0 Å². The summed E-state index contributed by atoms with van der Waals surface area (Å²) in [6.45, 7) is 2.79. The second kappa shape index (κ2) is 8.15. The molecule has 132 valence electrons. The lowest BCUT2D eigenvalue weighted by molar-refractivity contribution is -0.132. The highest BCUT2D eigenvalue weighted by Crippen LogP contribution is 2.31. The van der Waals surface area contributed by atoms with Crippen LogP contribution in [-0.4, -0.2) is 29.4 Å². The van der Waals surface area contributed by atoms with Crippen molar-refractivity contribution in [3.63, 3.8) is 0 Å². The third kappa shape index (κ3) is 4.38. The van der Waals surface area contributed by atoms with Gasteiger partial charge in [0.1, 0.15) is 5.75 Å². The van der Waals surface area contributed by atoms with Gasteiger partial charge in [-0.3, -0.25) is 9.78 Å². The number of methoxy groups -OCH3 is 1. The Bertz CT molecular complexity index is 695. The van der Waals surface area contributed by atoms with Crippen LogP contribution in [-0.2, 0) is 11.2 Å². The molecular formula is C21H26N2O2. The third-order valence-electron chi connectivity index (χ3n) is 4.90. The topological polar surface area (TPSA) is 42.4 Å². The van der Waals surface area contributed by atoms with Crippen molar-refractivity contribution < 1.29 is 9.53 Å². The highest BCUT2D eigenvalue weighted by molar-refractivity contribution is 5.79. The number of ether oxygens (including phenoxy) is 1. The fraction of sp³-hybridized carbons (Fsp3) is 0.429. The summed E-state index contributed by atoms with van der Waals surface area (Å²) in [6.07, 6.45) is 6.66. The fourth-order valence-corrected chi connectivity index (χ4v) is 3.46. The molecule has 0 bridgehead atoms. The molecule has 1 aromatic carbocycles. The van der Waals surface area contributed by atoms with Crippen LogP contribution in [0.5, 0.6) is 5.75 Å². The van der Waals surface area contributed by atoms with Crippen LogP contribution in [0.15, 0.2) is 42.6 Å². The van der Waals surface area contributed by atoms with Gasteiger partial charge in [0.25, 0.3) is 0 Å². The molecule has 2 aromatic rings. The summed E-state index contributed by atoms with van der Waals surface area (Å²) in [5.74, 6) is 1.04. The van der Waals surface area contributed by atoms with Crippen molar-refractivity contribution in [2.45, 2.75) is 45.1 Å². The Morgan fingerprint density at radius 1 is 1.16 bits per heavy atom. The van der Waals surface area contributed by atoms with Crippen molar-refractivity contribution in [2.24, 2.45) is 0 Å². The number of hydrogen-bond donors (Lipinski definition) is 0. The van der Waals surface area contributed by atoms with Crippen molar-refractivity contribution >= 4 is 5.91 Å². The molecule has 1 atom stereocenters. The van der Waals surface area contributed by atoms with Gasteiger partial charge in [-0.2, -0.15) is 0 Å². The van der Waals surface area contributed by atoms with Gasteiger partial charge in [0.05, 0.1) is 19.6 Å². The minimum Gasteiger partial charge on any atom is -0.497 e. The smallest absolute Gasteiger partial charge is 0.227 e. The molecule has 0 spiro atoms. The van der Waals surface area contributed by atoms with Gasteiger partial charge in [0.2, 0.25) is 5.91 Å². The van der Waals surface area contributed by atoms with E-state index in [-0.39, 0.29) is 11.9 Å².